The van der Waals surface area contributed by atoms with Gasteiger partial charge in [0, 0.05) is 34.5 Å². The quantitative estimate of drug-likeness (QED) is 0.765. The maximum absolute atomic E-state index is 6.31. The second kappa shape index (κ2) is 6.44. The molecule has 0 aliphatic carbocycles. The Bertz CT molecular complexity index is 804. The number of halogens is 2. The highest BCUT2D eigenvalue weighted by Crippen LogP contribution is 2.32. The van der Waals surface area contributed by atoms with Gasteiger partial charge in [-0.05, 0) is 18.2 Å². The first-order valence-corrected chi connectivity index (χ1v) is 7.51. The van der Waals surface area contributed by atoms with Crippen LogP contribution in [0.3, 0.4) is 0 Å². The summed E-state index contributed by atoms with van der Waals surface area (Å²) in [7, 11) is 0. The molecule has 3 aromatic rings. The van der Waals surface area contributed by atoms with Crippen molar-refractivity contribution < 1.29 is 0 Å². The molecular weight excluding hydrogens is 317 g/mol. The molecule has 0 spiro atoms. The van der Waals surface area contributed by atoms with Gasteiger partial charge in [0.05, 0.1) is 10.7 Å². The van der Waals surface area contributed by atoms with Gasteiger partial charge in [-0.1, -0.05) is 53.5 Å². The number of nitrogens with zero attached hydrogens (tertiary/aromatic N) is 2. The highest BCUT2D eigenvalue weighted by molar-refractivity contribution is 6.36. The minimum absolute atomic E-state index is 0.337. The number of hydrogen-bond donors (Lipinski definition) is 1. The summed E-state index contributed by atoms with van der Waals surface area (Å²) in [5.74, 6) is 0.638. The zero-order chi connectivity index (χ0) is 15.5. The molecule has 3 nitrogen and oxygen atoms in total. The molecule has 0 amide bonds. The number of aromatic nitrogens is 2. The monoisotopic (exact) mass is 329 g/mol. The van der Waals surface area contributed by atoms with Crippen LogP contribution in [0.1, 0.15) is 5.56 Å². The average Bonchev–Trinajstić information content (AvgIpc) is 2.55. The van der Waals surface area contributed by atoms with E-state index >= 15 is 0 Å². The van der Waals surface area contributed by atoms with Gasteiger partial charge >= 0.3 is 0 Å². The van der Waals surface area contributed by atoms with E-state index in [-0.39, 0.29) is 0 Å². The molecule has 0 unspecified atom stereocenters. The van der Waals surface area contributed by atoms with Crippen LogP contribution in [-0.2, 0) is 6.54 Å². The Labute approximate surface area is 138 Å². The predicted octanol–water partition coefficient (Wildman–Crippen LogP) is 4.58. The van der Waals surface area contributed by atoms with Crippen molar-refractivity contribution in [1.82, 2.24) is 9.97 Å². The Hall–Kier alpha value is -1.94. The standard InChI is InChI=1S/C17H13Cl2N3/c18-13-6-7-14(15(19)8-13)16-12(9-20)10-21-17(22-16)11-4-2-1-3-5-11/h1-8,10H,9,20H2. The summed E-state index contributed by atoms with van der Waals surface area (Å²) in [6, 6.07) is 15.1. The molecule has 0 aliphatic rings. The van der Waals surface area contributed by atoms with Gasteiger partial charge in [0.1, 0.15) is 0 Å². The molecule has 0 aliphatic heterocycles. The molecule has 2 aromatic carbocycles. The van der Waals surface area contributed by atoms with Gasteiger partial charge in [-0.25, -0.2) is 9.97 Å². The van der Waals surface area contributed by atoms with Crippen molar-refractivity contribution >= 4 is 23.2 Å². The zero-order valence-electron chi connectivity index (χ0n) is 11.6. The van der Waals surface area contributed by atoms with Crippen molar-refractivity contribution in [3.05, 3.63) is 70.3 Å². The lowest BCUT2D eigenvalue weighted by Gasteiger charge is -2.11. The maximum atomic E-state index is 6.31. The first-order chi connectivity index (χ1) is 10.7. The Morgan fingerprint density at radius 2 is 1.77 bits per heavy atom. The first-order valence-electron chi connectivity index (χ1n) is 6.76. The molecule has 2 N–H and O–H groups in total. The summed E-state index contributed by atoms with van der Waals surface area (Å²) in [5.41, 5.74) is 9.12. The van der Waals surface area contributed by atoms with Crippen molar-refractivity contribution in [1.29, 1.82) is 0 Å². The van der Waals surface area contributed by atoms with Crippen LogP contribution >= 0.6 is 23.2 Å². The largest absolute Gasteiger partial charge is 0.326 e. The third kappa shape index (κ3) is 2.97. The lowest BCUT2D eigenvalue weighted by atomic mass is 10.1. The van der Waals surface area contributed by atoms with Crippen molar-refractivity contribution in [2.24, 2.45) is 5.73 Å². The van der Waals surface area contributed by atoms with E-state index in [1.165, 1.54) is 0 Å². The van der Waals surface area contributed by atoms with Gasteiger partial charge in [-0.3, -0.25) is 0 Å². The van der Waals surface area contributed by atoms with Crippen molar-refractivity contribution in [2.45, 2.75) is 6.54 Å². The van der Waals surface area contributed by atoms with E-state index in [4.69, 9.17) is 28.9 Å². The van der Waals surface area contributed by atoms with E-state index in [0.29, 0.717) is 22.4 Å². The van der Waals surface area contributed by atoms with E-state index in [1.807, 2.05) is 36.4 Å². The minimum Gasteiger partial charge on any atom is -0.326 e. The molecule has 0 radical (unpaired) electrons. The fourth-order valence-electron chi connectivity index (χ4n) is 2.20. The fourth-order valence-corrected chi connectivity index (χ4v) is 2.70. The van der Waals surface area contributed by atoms with Crippen LogP contribution in [0.2, 0.25) is 10.0 Å². The lowest BCUT2D eigenvalue weighted by molar-refractivity contribution is 1.02. The van der Waals surface area contributed by atoms with Gasteiger partial charge in [0.25, 0.3) is 0 Å². The van der Waals surface area contributed by atoms with Crippen LogP contribution in [0.4, 0.5) is 0 Å². The molecule has 1 aromatic heterocycles. The third-order valence-corrected chi connectivity index (χ3v) is 3.85. The van der Waals surface area contributed by atoms with Gasteiger partial charge < -0.3 is 5.73 Å². The van der Waals surface area contributed by atoms with Crippen LogP contribution in [0, 0.1) is 0 Å². The Morgan fingerprint density at radius 3 is 2.45 bits per heavy atom. The molecular formula is C17H13Cl2N3. The molecule has 3 rings (SSSR count). The molecule has 0 saturated heterocycles. The summed E-state index contributed by atoms with van der Waals surface area (Å²) in [5, 5.41) is 1.13. The number of nitrogens with two attached hydrogens (primary N) is 1. The van der Waals surface area contributed by atoms with Crippen LogP contribution in [0.25, 0.3) is 22.6 Å². The zero-order valence-corrected chi connectivity index (χ0v) is 13.1. The van der Waals surface area contributed by atoms with E-state index in [0.717, 1.165) is 22.4 Å². The molecule has 1 heterocycles. The minimum atomic E-state index is 0.337. The van der Waals surface area contributed by atoms with E-state index in [1.54, 1.807) is 18.3 Å². The summed E-state index contributed by atoms with van der Waals surface area (Å²) in [6.07, 6.45) is 1.75. The van der Waals surface area contributed by atoms with Gasteiger partial charge in [0.15, 0.2) is 5.82 Å². The van der Waals surface area contributed by atoms with E-state index in [2.05, 4.69) is 9.97 Å². The smallest absolute Gasteiger partial charge is 0.159 e. The molecule has 5 heteroatoms. The molecule has 0 saturated carbocycles. The van der Waals surface area contributed by atoms with Gasteiger partial charge in [-0.2, -0.15) is 0 Å². The van der Waals surface area contributed by atoms with Crippen molar-refractivity contribution in [3.8, 4) is 22.6 Å². The summed E-state index contributed by atoms with van der Waals surface area (Å²) in [6.45, 7) is 0.337. The average molecular weight is 330 g/mol. The first kappa shape index (κ1) is 15.0. The fraction of sp³-hybridized carbons (Fsp3) is 0.0588. The normalized spacial score (nSPS) is 10.7. The van der Waals surface area contributed by atoms with E-state index < -0.39 is 0 Å². The highest BCUT2D eigenvalue weighted by atomic mass is 35.5. The van der Waals surface area contributed by atoms with Crippen molar-refractivity contribution in [2.75, 3.05) is 0 Å². The summed E-state index contributed by atoms with van der Waals surface area (Å²) < 4.78 is 0. The second-order valence-electron chi connectivity index (χ2n) is 4.76. The van der Waals surface area contributed by atoms with Gasteiger partial charge in [0.2, 0.25) is 0 Å². The van der Waals surface area contributed by atoms with Crippen LogP contribution in [0.15, 0.2) is 54.7 Å². The van der Waals surface area contributed by atoms with Crippen molar-refractivity contribution in [3.63, 3.8) is 0 Å². The molecule has 110 valence electrons. The number of hydrogen-bond acceptors (Lipinski definition) is 3. The lowest BCUT2D eigenvalue weighted by Crippen LogP contribution is -2.04. The molecule has 0 fully saturated rings. The highest BCUT2D eigenvalue weighted by Gasteiger charge is 2.13. The van der Waals surface area contributed by atoms with Crippen LogP contribution in [0.5, 0.6) is 0 Å². The maximum Gasteiger partial charge on any atom is 0.159 e. The molecule has 0 atom stereocenters. The number of benzene rings is 2. The predicted molar refractivity (Wildman–Crippen MR) is 90.8 cm³/mol. The Balaban J connectivity index is 2.17. The number of rotatable bonds is 3. The topological polar surface area (TPSA) is 51.8 Å². The van der Waals surface area contributed by atoms with Crippen LogP contribution < -0.4 is 5.73 Å². The Kier molecular flexibility index (Phi) is 4.39. The van der Waals surface area contributed by atoms with Crippen LogP contribution in [-0.4, -0.2) is 9.97 Å². The summed E-state index contributed by atoms with van der Waals surface area (Å²) >= 11 is 12.3. The summed E-state index contributed by atoms with van der Waals surface area (Å²) in [4.78, 5) is 9.05. The Morgan fingerprint density at radius 1 is 1.00 bits per heavy atom. The van der Waals surface area contributed by atoms with Gasteiger partial charge in [-0.15, -0.1) is 0 Å². The second-order valence-corrected chi connectivity index (χ2v) is 5.61. The van der Waals surface area contributed by atoms with E-state index in [9.17, 15) is 0 Å². The molecule has 0 bridgehead atoms. The molecule has 22 heavy (non-hydrogen) atoms. The third-order valence-electron chi connectivity index (χ3n) is 3.30. The SMILES string of the molecule is NCc1cnc(-c2ccccc2)nc1-c1ccc(Cl)cc1Cl.